The Bertz CT molecular complexity index is 501. The Labute approximate surface area is 114 Å². The molecule has 0 radical (unpaired) electrons. The summed E-state index contributed by atoms with van der Waals surface area (Å²) in [7, 11) is 0. The van der Waals surface area contributed by atoms with Gasteiger partial charge in [-0.05, 0) is 24.5 Å². The lowest BCUT2D eigenvalue weighted by Crippen LogP contribution is -2.29. The van der Waals surface area contributed by atoms with Crippen LogP contribution in [0, 0.1) is 0 Å². The van der Waals surface area contributed by atoms with Crippen LogP contribution in [0.2, 0.25) is 0 Å². The molecule has 0 unspecified atom stereocenters. The highest BCUT2D eigenvalue weighted by molar-refractivity contribution is 5.75. The molecule has 0 aliphatic rings. The zero-order valence-electron chi connectivity index (χ0n) is 11.1. The van der Waals surface area contributed by atoms with E-state index in [-0.39, 0.29) is 0 Å². The van der Waals surface area contributed by atoms with Crippen LogP contribution < -0.4 is 0 Å². The fourth-order valence-electron chi connectivity index (χ4n) is 2.36. The third-order valence-electron chi connectivity index (χ3n) is 3.45. The van der Waals surface area contributed by atoms with Crippen molar-refractivity contribution in [3.05, 3.63) is 83.9 Å². The third kappa shape index (κ3) is 2.65. The van der Waals surface area contributed by atoms with Gasteiger partial charge in [0.15, 0.2) is 0 Å². The minimum Gasteiger partial charge on any atom is -0.302 e. The predicted molar refractivity (Wildman–Crippen MR) is 79.2 cm³/mol. The van der Waals surface area contributed by atoms with Crippen LogP contribution in [0.4, 0.5) is 0 Å². The monoisotopic (exact) mass is 250 g/mol. The smallest absolute Gasteiger partial charge is 0.135 e. The lowest BCUT2D eigenvalue weighted by molar-refractivity contribution is -0.111. The average Bonchev–Trinajstić information content (AvgIpc) is 2.51. The molecule has 0 amide bonds. The van der Waals surface area contributed by atoms with Gasteiger partial charge in [0.1, 0.15) is 6.29 Å². The number of hydrogen-bond acceptors (Lipinski definition) is 1. The third-order valence-corrected chi connectivity index (χ3v) is 3.45. The van der Waals surface area contributed by atoms with Gasteiger partial charge in [-0.15, -0.1) is 0 Å². The summed E-state index contributed by atoms with van der Waals surface area (Å²) in [6, 6.07) is 19.9. The van der Waals surface area contributed by atoms with Crippen molar-refractivity contribution >= 4 is 6.29 Å². The first-order valence-corrected chi connectivity index (χ1v) is 6.52. The van der Waals surface area contributed by atoms with Crippen molar-refractivity contribution in [2.24, 2.45) is 0 Å². The minimum atomic E-state index is -0.588. The Morgan fingerprint density at radius 1 is 0.895 bits per heavy atom. The molecule has 2 rings (SSSR count). The van der Waals surface area contributed by atoms with Crippen LogP contribution in [0.25, 0.3) is 0 Å². The van der Waals surface area contributed by atoms with Crippen LogP contribution in [0.15, 0.2) is 72.8 Å². The van der Waals surface area contributed by atoms with Gasteiger partial charge >= 0.3 is 0 Å². The second-order valence-electron chi connectivity index (χ2n) is 4.59. The number of carbonyl (C=O) groups excluding carboxylic acids is 1. The van der Waals surface area contributed by atoms with Gasteiger partial charge in [-0.3, -0.25) is 0 Å². The van der Waals surface area contributed by atoms with Gasteiger partial charge in [0, 0.05) is 0 Å². The van der Waals surface area contributed by atoms with E-state index in [0.717, 1.165) is 17.4 Å². The first kappa shape index (κ1) is 13.3. The molecule has 0 aliphatic heterocycles. The number of rotatable bonds is 5. The van der Waals surface area contributed by atoms with Crippen molar-refractivity contribution in [1.29, 1.82) is 0 Å². The van der Waals surface area contributed by atoms with E-state index in [1.165, 1.54) is 0 Å². The largest absolute Gasteiger partial charge is 0.302 e. The summed E-state index contributed by atoms with van der Waals surface area (Å²) in [6.45, 7) is 1.98. The molecule has 0 N–H and O–H groups in total. The molecular weight excluding hydrogens is 232 g/mol. The van der Waals surface area contributed by atoms with E-state index in [1.807, 2.05) is 73.7 Å². The molecule has 0 saturated carbocycles. The van der Waals surface area contributed by atoms with Crippen molar-refractivity contribution in [3.63, 3.8) is 0 Å². The average molecular weight is 250 g/mol. The number of hydrogen-bond donors (Lipinski definition) is 0. The Hall–Kier alpha value is -2.15. The summed E-state index contributed by atoms with van der Waals surface area (Å²) in [4.78, 5) is 11.9. The zero-order valence-corrected chi connectivity index (χ0v) is 11.1. The number of allylic oxidation sites excluding steroid dienone is 2. The molecule has 1 nitrogen and oxygen atoms in total. The van der Waals surface area contributed by atoms with Crippen LogP contribution in [0.5, 0.6) is 0 Å². The molecule has 0 spiro atoms. The molecule has 2 aromatic carbocycles. The minimum absolute atomic E-state index is 0.588. The van der Waals surface area contributed by atoms with E-state index in [4.69, 9.17) is 0 Å². The van der Waals surface area contributed by atoms with Gasteiger partial charge in [0.2, 0.25) is 0 Å². The Morgan fingerprint density at radius 2 is 1.37 bits per heavy atom. The van der Waals surface area contributed by atoms with Crippen LogP contribution in [-0.4, -0.2) is 6.29 Å². The lowest BCUT2D eigenvalue weighted by atomic mass is 9.73. The van der Waals surface area contributed by atoms with Crippen LogP contribution in [-0.2, 0) is 10.2 Å². The second kappa shape index (κ2) is 6.14. The Balaban J connectivity index is 2.58. The second-order valence-corrected chi connectivity index (χ2v) is 4.59. The molecule has 0 aliphatic carbocycles. The fourth-order valence-corrected chi connectivity index (χ4v) is 2.36. The van der Waals surface area contributed by atoms with Crippen molar-refractivity contribution in [2.45, 2.75) is 18.8 Å². The number of carbonyl (C=O) groups is 1. The van der Waals surface area contributed by atoms with Gasteiger partial charge in [-0.2, -0.15) is 0 Å². The molecule has 96 valence electrons. The molecule has 0 heterocycles. The SMILES string of the molecule is C/C=C\CC(C=O)(c1ccccc1)c1ccccc1. The molecule has 0 aromatic heterocycles. The van der Waals surface area contributed by atoms with E-state index >= 15 is 0 Å². The van der Waals surface area contributed by atoms with Crippen molar-refractivity contribution in [1.82, 2.24) is 0 Å². The molecule has 0 bridgehead atoms. The quantitative estimate of drug-likeness (QED) is 0.576. The Kier molecular flexibility index (Phi) is 4.30. The van der Waals surface area contributed by atoms with E-state index in [9.17, 15) is 4.79 Å². The van der Waals surface area contributed by atoms with Crippen LogP contribution >= 0.6 is 0 Å². The Morgan fingerprint density at radius 3 is 1.74 bits per heavy atom. The van der Waals surface area contributed by atoms with Gasteiger partial charge < -0.3 is 4.79 Å². The highest BCUT2D eigenvalue weighted by atomic mass is 16.1. The summed E-state index contributed by atoms with van der Waals surface area (Å²) >= 11 is 0. The fraction of sp³-hybridized carbons (Fsp3) is 0.167. The highest BCUT2D eigenvalue weighted by Gasteiger charge is 2.32. The van der Waals surface area contributed by atoms with E-state index in [0.29, 0.717) is 6.42 Å². The molecule has 0 fully saturated rings. The number of benzene rings is 2. The standard InChI is InChI=1S/C18H18O/c1-2-3-14-18(15-19,16-10-6-4-7-11-16)17-12-8-5-9-13-17/h2-13,15H,14H2,1H3/b3-2-. The maximum atomic E-state index is 11.9. The van der Waals surface area contributed by atoms with Crippen LogP contribution in [0.1, 0.15) is 24.5 Å². The summed E-state index contributed by atoms with van der Waals surface area (Å²) in [5, 5.41) is 0. The molecule has 0 saturated heterocycles. The zero-order chi connectivity index (χ0) is 13.6. The first-order valence-electron chi connectivity index (χ1n) is 6.52. The van der Waals surface area contributed by atoms with Crippen molar-refractivity contribution in [3.8, 4) is 0 Å². The molecule has 0 atom stereocenters. The van der Waals surface area contributed by atoms with Gasteiger partial charge in [0.05, 0.1) is 5.41 Å². The van der Waals surface area contributed by atoms with Crippen LogP contribution in [0.3, 0.4) is 0 Å². The first-order chi connectivity index (χ1) is 9.33. The summed E-state index contributed by atoms with van der Waals surface area (Å²) in [6.07, 6.45) is 5.79. The summed E-state index contributed by atoms with van der Waals surface area (Å²) in [5.74, 6) is 0. The van der Waals surface area contributed by atoms with Crippen molar-refractivity contribution < 1.29 is 4.79 Å². The summed E-state index contributed by atoms with van der Waals surface area (Å²) < 4.78 is 0. The molecular formula is C18H18O. The molecule has 2 aromatic rings. The predicted octanol–water partition coefficient (Wildman–Crippen LogP) is 4.14. The topological polar surface area (TPSA) is 17.1 Å². The van der Waals surface area contributed by atoms with Gasteiger partial charge in [-0.1, -0.05) is 72.8 Å². The van der Waals surface area contributed by atoms with Gasteiger partial charge in [-0.25, -0.2) is 0 Å². The normalized spacial score (nSPS) is 11.6. The van der Waals surface area contributed by atoms with E-state index < -0.39 is 5.41 Å². The number of aldehydes is 1. The molecule has 1 heteroatoms. The van der Waals surface area contributed by atoms with E-state index in [1.54, 1.807) is 0 Å². The lowest BCUT2D eigenvalue weighted by Gasteiger charge is -2.28. The maximum Gasteiger partial charge on any atom is 0.135 e. The highest BCUT2D eigenvalue weighted by Crippen LogP contribution is 2.34. The van der Waals surface area contributed by atoms with Crippen molar-refractivity contribution in [2.75, 3.05) is 0 Å². The van der Waals surface area contributed by atoms with E-state index in [2.05, 4.69) is 6.08 Å². The summed E-state index contributed by atoms with van der Waals surface area (Å²) in [5.41, 5.74) is 1.48. The maximum absolute atomic E-state index is 11.9. The van der Waals surface area contributed by atoms with Gasteiger partial charge in [0.25, 0.3) is 0 Å². The molecule has 19 heavy (non-hydrogen) atoms.